The first kappa shape index (κ1) is 16.0. The summed E-state index contributed by atoms with van der Waals surface area (Å²) in [5.74, 6) is 1.16. The Morgan fingerprint density at radius 3 is 2.46 bits per heavy atom. The molecule has 0 aliphatic carbocycles. The molecule has 1 N–H and O–H groups in total. The Labute approximate surface area is 149 Å². The highest BCUT2D eigenvalue weighted by Gasteiger charge is 2.37. The lowest BCUT2D eigenvalue weighted by Gasteiger charge is -2.09. The van der Waals surface area contributed by atoms with E-state index < -0.39 is 5.91 Å². The van der Waals surface area contributed by atoms with Crippen LogP contribution in [0.5, 0.6) is 17.2 Å². The smallest absolute Gasteiger partial charge is 0.277 e. The number of carbonyl (C=O) groups excluding carboxylic acids is 2. The van der Waals surface area contributed by atoms with Crippen molar-refractivity contribution in [3.8, 4) is 17.2 Å². The van der Waals surface area contributed by atoms with Crippen molar-refractivity contribution in [2.45, 2.75) is 0 Å². The van der Waals surface area contributed by atoms with Crippen molar-refractivity contribution in [3.63, 3.8) is 0 Å². The van der Waals surface area contributed by atoms with Gasteiger partial charge in [0.15, 0.2) is 11.5 Å². The van der Waals surface area contributed by atoms with Crippen LogP contribution in [0, 0.1) is 0 Å². The van der Waals surface area contributed by atoms with E-state index in [9.17, 15) is 9.59 Å². The summed E-state index contributed by atoms with van der Waals surface area (Å²) >= 11 is 0. The van der Waals surface area contributed by atoms with E-state index >= 15 is 0 Å². The summed E-state index contributed by atoms with van der Waals surface area (Å²) in [7, 11) is 3.03. The molecule has 132 valence electrons. The summed E-state index contributed by atoms with van der Waals surface area (Å²) < 4.78 is 15.8. The van der Waals surface area contributed by atoms with Crippen LogP contribution in [-0.2, 0) is 9.59 Å². The molecule has 2 amide bonds. The maximum absolute atomic E-state index is 12.6. The normalized spacial score (nSPS) is 15.7. The van der Waals surface area contributed by atoms with Gasteiger partial charge in [-0.3, -0.25) is 14.5 Å². The maximum Gasteiger partial charge on any atom is 0.277 e. The topological polar surface area (TPSA) is 77.1 Å². The van der Waals surface area contributed by atoms with E-state index in [1.807, 2.05) is 0 Å². The fourth-order valence-corrected chi connectivity index (χ4v) is 2.90. The SMILES string of the molecule is COc1ccc(C2=C(Nc3ccc4c(c3)OCO4)C(=O)N(C)C2=O)cc1. The van der Waals surface area contributed by atoms with E-state index in [4.69, 9.17) is 14.2 Å². The molecule has 0 fully saturated rings. The molecule has 0 bridgehead atoms. The number of hydrogen-bond donors (Lipinski definition) is 1. The molecule has 0 saturated heterocycles. The zero-order valence-corrected chi connectivity index (χ0v) is 14.2. The van der Waals surface area contributed by atoms with Crippen LogP contribution in [0.4, 0.5) is 5.69 Å². The van der Waals surface area contributed by atoms with Gasteiger partial charge in [0, 0.05) is 18.8 Å². The van der Waals surface area contributed by atoms with Crippen molar-refractivity contribution in [1.82, 2.24) is 4.90 Å². The van der Waals surface area contributed by atoms with Crippen molar-refractivity contribution >= 4 is 23.1 Å². The average molecular weight is 352 g/mol. The van der Waals surface area contributed by atoms with Crippen LogP contribution >= 0.6 is 0 Å². The second-order valence-corrected chi connectivity index (χ2v) is 5.84. The van der Waals surface area contributed by atoms with Gasteiger partial charge in [0.25, 0.3) is 11.8 Å². The van der Waals surface area contributed by atoms with E-state index in [-0.39, 0.29) is 18.4 Å². The number of nitrogens with zero attached hydrogens (tertiary/aromatic N) is 1. The van der Waals surface area contributed by atoms with Crippen LogP contribution in [0.2, 0.25) is 0 Å². The standard InChI is InChI=1S/C19H16N2O5/c1-21-18(22)16(11-3-6-13(24-2)7-4-11)17(19(21)23)20-12-5-8-14-15(9-12)26-10-25-14/h3-9,20H,10H2,1-2H3. The highest BCUT2D eigenvalue weighted by atomic mass is 16.7. The zero-order chi connectivity index (χ0) is 18.3. The second-order valence-electron chi connectivity index (χ2n) is 5.84. The number of likely N-dealkylation sites (N-methyl/N-ethyl adjacent to an activating group) is 1. The predicted octanol–water partition coefficient (Wildman–Crippen LogP) is 2.25. The van der Waals surface area contributed by atoms with Gasteiger partial charge in [-0.25, -0.2) is 0 Å². The van der Waals surface area contributed by atoms with Gasteiger partial charge < -0.3 is 19.5 Å². The number of fused-ring (bicyclic) bond motifs is 1. The van der Waals surface area contributed by atoms with Gasteiger partial charge in [-0.15, -0.1) is 0 Å². The van der Waals surface area contributed by atoms with E-state index in [0.29, 0.717) is 34.1 Å². The molecule has 2 heterocycles. The van der Waals surface area contributed by atoms with Gasteiger partial charge in [0.05, 0.1) is 12.7 Å². The van der Waals surface area contributed by atoms with Crippen molar-refractivity contribution in [2.75, 3.05) is 26.3 Å². The number of amides is 2. The third-order valence-electron chi connectivity index (χ3n) is 4.31. The summed E-state index contributed by atoms with van der Waals surface area (Å²) in [5.41, 5.74) is 1.81. The largest absolute Gasteiger partial charge is 0.497 e. The summed E-state index contributed by atoms with van der Waals surface area (Å²) in [6, 6.07) is 12.2. The molecule has 4 rings (SSSR count). The molecule has 0 saturated carbocycles. The van der Waals surface area contributed by atoms with Gasteiger partial charge in [-0.1, -0.05) is 12.1 Å². The summed E-state index contributed by atoms with van der Waals surface area (Å²) in [6.45, 7) is 0.165. The molecule has 7 heteroatoms. The molecule has 0 aromatic heterocycles. The van der Waals surface area contributed by atoms with E-state index in [2.05, 4.69) is 5.32 Å². The highest BCUT2D eigenvalue weighted by molar-refractivity contribution is 6.36. The van der Waals surface area contributed by atoms with Gasteiger partial charge in [-0.2, -0.15) is 0 Å². The molecule has 2 aromatic carbocycles. The predicted molar refractivity (Wildman–Crippen MR) is 93.9 cm³/mol. The van der Waals surface area contributed by atoms with Crippen molar-refractivity contribution in [3.05, 3.63) is 53.7 Å². The fraction of sp³-hybridized carbons (Fsp3) is 0.158. The molecule has 2 aromatic rings. The molecule has 0 radical (unpaired) electrons. The number of carbonyl (C=O) groups is 2. The number of ether oxygens (including phenoxy) is 3. The third kappa shape index (κ3) is 2.54. The molecular formula is C19H16N2O5. The summed E-state index contributed by atoms with van der Waals surface area (Å²) in [4.78, 5) is 26.2. The average Bonchev–Trinajstić information content (AvgIpc) is 3.21. The number of hydrogen-bond acceptors (Lipinski definition) is 6. The second kappa shape index (κ2) is 6.11. The van der Waals surface area contributed by atoms with Crippen molar-refractivity contribution in [1.29, 1.82) is 0 Å². The zero-order valence-electron chi connectivity index (χ0n) is 14.2. The first-order valence-corrected chi connectivity index (χ1v) is 7.96. The lowest BCUT2D eigenvalue weighted by molar-refractivity contribution is -0.135. The first-order chi connectivity index (χ1) is 12.6. The molecule has 0 atom stereocenters. The number of rotatable bonds is 4. The Morgan fingerprint density at radius 2 is 1.73 bits per heavy atom. The Morgan fingerprint density at radius 1 is 1.00 bits per heavy atom. The van der Waals surface area contributed by atoms with Crippen LogP contribution in [0.15, 0.2) is 48.2 Å². The van der Waals surface area contributed by atoms with Crippen LogP contribution in [-0.4, -0.2) is 37.7 Å². The lowest BCUT2D eigenvalue weighted by atomic mass is 10.0. The van der Waals surface area contributed by atoms with Gasteiger partial charge >= 0.3 is 0 Å². The highest BCUT2D eigenvalue weighted by Crippen LogP contribution is 2.36. The molecule has 0 unspecified atom stereocenters. The number of anilines is 1. The number of benzene rings is 2. The monoisotopic (exact) mass is 352 g/mol. The van der Waals surface area contributed by atoms with Gasteiger partial charge in [-0.05, 0) is 29.8 Å². The van der Waals surface area contributed by atoms with E-state index in [1.54, 1.807) is 49.6 Å². The minimum atomic E-state index is -0.390. The fourth-order valence-electron chi connectivity index (χ4n) is 2.90. The first-order valence-electron chi connectivity index (χ1n) is 7.96. The lowest BCUT2D eigenvalue weighted by Crippen LogP contribution is -2.27. The third-order valence-corrected chi connectivity index (χ3v) is 4.31. The molecular weight excluding hydrogens is 336 g/mol. The minimum Gasteiger partial charge on any atom is -0.497 e. The molecule has 0 spiro atoms. The molecule has 26 heavy (non-hydrogen) atoms. The Balaban J connectivity index is 1.74. The quantitative estimate of drug-likeness (QED) is 0.851. The van der Waals surface area contributed by atoms with Crippen LogP contribution in [0.1, 0.15) is 5.56 Å². The Hall–Kier alpha value is -3.48. The van der Waals surface area contributed by atoms with Crippen LogP contribution < -0.4 is 19.5 Å². The number of nitrogens with one attached hydrogen (secondary N) is 1. The van der Waals surface area contributed by atoms with Gasteiger partial charge in [0.2, 0.25) is 6.79 Å². The van der Waals surface area contributed by atoms with Crippen molar-refractivity contribution in [2.24, 2.45) is 0 Å². The summed E-state index contributed by atoms with van der Waals surface area (Å²) in [6.07, 6.45) is 0. The maximum atomic E-state index is 12.6. The Bertz CT molecular complexity index is 933. The minimum absolute atomic E-state index is 0.165. The number of methoxy groups -OCH3 is 1. The van der Waals surface area contributed by atoms with E-state index in [0.717, 1.165) is 4.90 Å². The molecule has 7 nitrogen and oxygen atoms in total. The van der Waals surface area contributed by atoms with E-state index in [1.165, 1.54) is 7.05 Å². The molecule has 2 aliphatic rings. The summed E-state index contributed by atoms with van der Waals surface area (Å²) in [5, 5.41) is 3.06. The molecule has 2 aliphatic heterocycles. The van der Waals surface area contributed by atoms with Crippen LogP contribution in [0.25, 0.3) is 5.57 Å². The number of imide groups is 1. The van der Waals surface area contributed by atoms with Crippen LogP contribution in [0.3, 0.4) is 0 Å². The van der Waals surface area contributed by atoms with Gasteiger partial charge in [0.1, 0.15) is 11.4 Å². The van der Waals surface area contributed by atoms with Crippen molar-refractivity contribution < 1.29 is 23.8 Å². The Kier molecular flexibility index (Phi) is 3.76.